The van der Waals surface area contributed by atoms with E-state index in [0.717, 1.165) is 6.42 Å². The fraction of sp³-hybridized carbons (Fsp3) is 0.625. The van der Waals surface area contributed by atoms with Crippen molar-refractivity contribution >= 4 is 6.09 Å². The van der Waals surface area contributed by atoms with Gasteiger partial charge in [-0.3, -0.25) is 0 Å². The van der Waals surface area contributed by atoms with E-state index < -0.39 is 6.09 Å². The van der Waals surface area contributed by atoms with E-state index in [1.54, 1.807) is 0 Å². The van der Waals surface area contributed by atoms with Crippen molar-refractivity contribution in [3.63, 3.8) is 0 Å². The van der Waals surface area contributed by atoms with Crippen molar-refractivity contribution < 1.29 is 9.90 Å². The number of terminal acetylenes is 1. The second-order valence-corrected chi connectivity index (χ2v) is 2.88. The number of hydrogen-bond donors (Lipinski definition) is 1. The lowest BCUT2D eigenvalue weighted by atomic mass is 10.1. The highest BCUT2D eigenvalue weighted by Crippen LogP contribution is 2.21. The Hall–Kier alpha value is -1.17. The average Bonchev–Trinajstić information content (AvgIpc) is 2.30. The van der Waals surface area contributed by atoms with Crippen LogP contribution in [0.2, 0.25) is 0 Å². The molecule has 0 saturated carbocycles. The fourth-order valence-electron chi connectivity index (χ4n) is 1.42. The summed E-state index contributed by atoms with van der Waals surface area (Å²) >= 11 is 0. The van der Waals surface area contributed by atoms with Gasteiger partial charge in [0.1, 0.15) is 0 Å². The minimum Gasteiger partial charge on any atom is -0.465 e. The number of likely N-dealkylation sites (tertiary alicyclic amines) is 1. The van der Waals surface area contributed by atoms with Crippen LogP contribution in [0, 0.1) is 18.3 Å². The molecule has 1 aliphatic heterocycles. The predicted octanol–water partition coefficient (Wildman–Crippen LogP) is 1.01. The largest absolute Gasteiger partial charge is 0.465 e. The normalized spacial score (nSPS) is 30.0. The van der Waals surface area contributed by atoms with Crippen LogP contribution in [0.3, 0.4) is 0 Å². The van der Waals surface area contributed by atoms with E-state index >= 15 is 0 Å². The second kappa shape index (κ2) is 2.83. The van der Waals surface area contributed by atoms with Crippen molar-refractivity contribution in [1.29, 1.82) is 0 Å². The van der Waals surface area contributed by atoms with Crippen molar-refractivity contribution in [1.82, 2.24) is 4.90 Å². The van der Waals surface area contributed by atoms with Crippen LogP contribution in [0.1, 0.15) is 13.3 Å². The van der Waals surface area contributed by atoms with Gasteiger partial charge >= 0.3 is 6.09 Å². The molecule has 3 nitrogen and oxygen atoms in total. The highest BCUT2D eigenvalue weighted by atomic mass is 16.4. The van der Waals surface area contributed by atoms with Crippen LogP contribution in [-0.2, 0) is 0 Å². The van der Waals surface area contributed by atoms with Crippen LogP contribution in [0.25, 0.3) is 0 Å². The van der Waals surface area contributed by atoms with Gasteiger partial charge in [-0.05, 0) is 13.3 Å². The summed E-state index contributed by atoms with van der Waals surface area (Å²) in [5, 5.41) is 8.65. The van der Waals surface area contributed by atoms with E-state index in [9.17, 15) is 4.79 Å². The zero-order valence-corrected chi connectivity index (χ0v) is 6.45. The zero-order chi connectivity index (χ0) is 8.43. The van der Waals surface area contributed by atoms with Gasteiger partial charge in [0.05, 0.1) is 0 Å². The summed E-state index contributed by atoms with van der Waals surface area (Å²) in [4.78, 5) is 11.9. The van der Waals surface area contributed by atoms with Gasteiger partial charge in [-0.15, -0.1) is 12.3 Å². The van der Waals surface area contributed by atoms with E-state index in [1.165, 1.54) is 4.90 Å². The molecule has 1 fully saturated rings. The summed E-state index contributed by atoms with van der Waals surface area (Å²) in [6, 6.07) is 0.0774. The summed E-state index contributed by atoms with van der Waals surface area (Å²) in [6.07, 6.45) is 5.12. The third kappa shape index (κ3) is 1.45. The number of carboxylic acid groups (broad SMARTS) is 1. The van der Waals surface area contributed by atoms with Crippen molar-refractivity contribution in [2.45, 2.75) is 19.4 Å². The van der Waals surface area contributed by atoms with Crippen LogP contribution in [0.5, 0.6) is 0 Å². The highest BCUT2D eigenvalue weighted by molar-refractivity contribution is 5.65. The lowest BCUT2D eigenvalue weighted by molar-refractivity contribution is 0.143. The van der Waals surface area contributed by atoms with E-state index in [-0.39, 0.29) is 12.0 Å². The summed E-state index contributed by atoms with van der Waals surface area (Å²) in [6.45, 7) is 2.37. The first-order valence-electron chi connectivity index (χ1n) is 3.61. The van der Waals surface area contributed by atoms with Crippen LogP contribution in [0.15, 0.2) is 0 Å². The number of hydrogen-bond acceptors (Lipinski definition) is 1. The molecule has 2 atom stereocenters. The molecule has 1 amide bonds. The van der Waals surface area contributed by atoms with Gasteiger partial charge in [-0.1, -0.05) is 0 Å². The van der Waals surface area contributed by atoms with E-state index in [4.69, 9.17) is 11.5 Å². The van der Waals surface area contributed by atoms with Gasteiger partial charge in [0, 0.05) is 18.5 Å². The Kier molecular flexibility index (Phi) is 2.04. The van der Waals surface area contributed by atoms with Gasteiger partial charge < -0.3 is 10.0 Å². The van der Waals surface area contributed by atoms with Crippen molar-refractivity contribution in [2.24, 2.45) is 5.92 Å². The SMILES string of the molecule is C#CC1CC(C)N(C(=O)O)C1. The number of carbonyl (C=O) groups is 1. The third-order valence-corrected chi connectivity index (χ3v) is 2.06. The molecule has 0 aliphatic carbocycles. The fourth-order valence-corrected chi connectivity index (χ4v) is 1.42. The Bertz CT molecular complexity index is 207. The van der Waals surface area contributed by atoms with E-state index in [0.29, 0.717) is 6.54 Å². The Morgan fingerprint density at radius 2 is 2.45 bits per heavy atom. The van der Waals surface area contributed by atoms with Gasteiger partial charge in [0.2, 0.25) is 0 Å². The topological polar surface area (TPSA) is 40.5 Å². The maximum atomic E-state index is 10.5. The second-order valence-electron chi connectivity index (χ2n) is 2.88. The Labute approximate surface area is 66.0 Å². The van der Waals surface area contributed by atoms with Crippen molar-refractivity contribution in [2.75, 3.05) is 6.54 Å². The Balaban J connectivity index is 2.60. The van der Waals surface area contributed by atoms with E-state index in [2.05, 4.69) is 5.92 Å². The maximum absolute atomic E-state index is 10.5. The molecule has 1 rings (SSSR count). The first kappa shape index (κ1) is 7.93. The van der Waals surface area contributed by atoms with Crippen LogP contribution < -0.4 is 0 Å². The Morgan fingerprint density at radius 1 is 1.82 bits per heavy atom. The quantitative estimate of drug-likeness (QED) is 0.527. The number of amides is 1. The van der Waals surface area contributed by atoms with Gasteiger partial charge in [0.25, 0.3) is 0 Å². The van der Waals surface area contributed by atoms with Gasteiger partial charge in [-0.25, -0.2) is 4.79 Å². The smallest absolute Gasteiger partial charge is 0.407 e. The molecule has 0 aromatic rings. The molecule has 60 valence electrons. The number of rotatable bonds is 0. The minimum atomic E-state index is -0.866. The lowest BCUT2D eigenvalue weighted by Gasteiger charge is -2.16. The van der Waals surface area contributed by atoms with Gasteiger partial charge in [0.15, 0.2) is 0 Å². The lowest BCUT2D eigenvalue weighted by Crippen LogP contribution is -2.32. The monoisotopic (exact) mass is 153 g/mol. The minimum absolute atomic E-state index is 0.0774. The molecule has 0 radical (unpaired) electrons. The van der Waals surface area contributed by atoms with Crippen LogP contribution in [-0.4, -0.2) is 28.7 Å². The molecule has 0 aromatic carbocycles. The zero-order valence-electron chi connectivity index (χ0n) is 6.45. The maximum Gasteiger partial charge on any atom is 0.407 e. The molecule has 1 N–H and O–H groups in total. The van der Waals surface area contributed by atoms with E-state index in [1.807, 2.05) is 6.92 Å². The molecule has 1 saturated heterocycles. The Morgan fingerprint density at radius 3 is 2.73 bits per heavy atom. The van der Waals surface area contributed by atoms with Crippen molar-refractivity contribution in [3.8, 4) is 12.3 Å². The van der Waals surface area contributed by atoms with Gasteiger partial charge in [-0.2, -0.15) is 0 Å². The summed E-state index contributed by atoms with van der Waals surface area (Å²) in [5.74, 6) is 2.69. The summed E-state index contributed by atoms with van der Waals surface area (Å²) < 4.78 is 0. The average molecular weight is 153 g/mol. The molecule has 0 bridgehead atoms. The predicted molar refractivity (Wildman–Crippen MR) is 41.1 cm³/mol. The molecule has 0 aromatic heterocycles. The van der Waals surface area contributed by atoms with Crippen LogP contribution in [0.4, 0.5) is 4.79 Å². The molecule has 1 heterocycles. The van der Waals surface area contributed by atoms with Crippen LogP contribution >= 0.6 is 0 Å². The summed E-state index contributed by atoms with van der Waals surface area (Å²) in [5.41, 5.74) is 0. The molecule has 11 heavy (non-hydrogen) atoms. The molecule has 3 heteroatoms. The molecule has 1 aliphatic rings. The van der Waals surface area contributed by atoms with Crippen molar-refractivity contribution in [3.05, 3.63) is 0 Å². The molecule has 2 unspecified atom stereocenters. The third-order valence-electron chi connectivity index (χ3n) is 2.06. The molecule has 0 spiro atoms. The molecular weight excluding hydrogens is 142 g/mol. The summed E-state index contributed by atoms with van der Waals surface area (Å²) in [7, 11) is 0. The first-order chi connectivity index (χ1) is 5.15. The molecular formula is C8H11NO2. The standard InChI is InChI=1S/C8H11NO2/c1-3-7-4-6(2)9(5-7)8(10)11/h1,6-7H,4-5H2,2H3,(H,10,11). The first-order valence-corrected chi connectivity index (χ1v) is 3.61. The highest BCUT2D eigenvalue weighted by Gasteiger charge is 2.30. The number of nitrogens with zero attached hydrogens (tertiary/aromatic N) is 1.